The van der Waals surface area contributed by atoms with Crippen LogP contribution in [-0.4, -0.2) is 63.5 Å². The number of hydrogen-bond donors (Lipinski definition) is 0. The molecule has 1 heterocycles. The molecule has 0 aliphatic carbocycles. The highest BCUT2D eigenvalue weighted by Crippen LogP contribution is 2.24. The molecule has 0 saturated heterocycles. The molecule has 0 bridgehead atoms. The van der Waals surface area contributed by atoms with E-state index in [1.165, 1.54) is 4.31 Å². The summed E-state index contributed by atoms with van der Waals surface area (Å²) in [5, 5.41) is 0. The van der Waals surface area contributed by atoms with Gasteiger partial charge in [0.25, 0.3) is 0 Å². The summed E-state index contributed by atoms with van der Waals surface area (Å²) in [5.74, 6) is 0.588. The molecule has 1 aromatic heterocycles. The molecule has 0 N–H and O–H groups in total. The van der Waals surface area contributed by atoms with Gasteiger partial charge in [0.1, 0.15) is 0 Å². The fourth-order valence-corrected chi connectivity index (χ4v) is 4.27. The maximum Gasteiger partial charge on any atom is 0.242 e. The van der Waals surface area contributed by atoms with Crippen LogP contribution in [0.1, 0.15) is 19.5 Å². The number of benzene rings is 1. The Morgan fingerprint density at radius 2 is 1.82 bits per heavy atom. The normalized spacial score (nSPS) is 12.3. The van der Waals surface area contributed by atoms with Crippen molar-refractivity contribution in [1.29, 1.82) is 0 Å². The van der Waals surface area contributed by atoms with E-state index in [9.17, 15) is 8.42 Å². The number of pyridine rings is 1. The molecular weight excluding hydrogens is 374 g/mol. The van der Waals surface area contributed by atoms with E-state index in [4.69, 9.17) is 4.74 Å². The Hall–Kier alpha value is -1.80. The van der Waals surface area contributed by atoms with Crippen LogP contribution < -0.4 is 0 Å². The van der Waals surface area contributed by atoms with E-state index >= 15 is 0 Å². The summed E-state index contributed by atoms with van der Waals surface area (Å²) in [6, 6.07) is 11.0. The number of aromatic nitrogens is 1. The molecule has 0 aliphatic rings. The molecule has 2 aromatic rings. The van der Waals surface area contributed by atoms with Gasteiger partial charge in [-0.25, -0.2) is 8.42 Å². The minimum atomic E-state index is -3.55. The van der Waals surface area contributed by atoms with Crippen molar-refractivity contribution in [3.63, 3.8) is 0 Å². The Bertz CT molecular complexity index is 869. The predicted molar refractivity (Wildman–Crippen MR) is 113 cm³/mol. The fraction of sp³-hybridized carbons (Fsp3) is 0.476. The highest BCUT2D eigenvalue weighted by molar-refractivity contribution is 7.89. The second-order valence-electron chi connectivity index (χ2n) is 7.47. The molecule has 0 aliphatic heterocycles. The second-order valence-corrected chi connectivity index (χ2v) is 9.52. The molecular formula is C21H31N3O3S. The van der Waals surface area contributed by atoms with Gasteiger partial charge in [0.2, 0.25) is 10.0 Å². The Balaban J connectivity index is 2.25. The standard InChI is InChI=1S/C21H31N3O3S/c1-17(2)15-23(3)16-20-13-19(9-10-22-20)18-7-6-8-21(14-18)28(25,26)24(4)11-12-27-5/h6-10,13-14,17H,11-12,15-16H2,1-5H3. The molecule has 0 spiro atoms. The van der Waals surface area contributed by atoms with Crippen LogP contribution in [0.5, 0.6) is 0 Å². The first-order valence-corrected chi connectivity index (χ1v) is 10.9. The Morgan fingerprint density at radius 1 is 1.11 bits per heavy atom. The Kier molecular flexibility index (Phi) is 8.12. The van der Waals surface area contributed by atoms with E-state index in [1.54, 1.807) is 38.6 Å². The minimum Gasteiger partial charge on any atom is -0.383 e. The topological polar surface area (TPSA) is 62.7 Å². The zero-order valence-corrected chi connectivity index (χ0v) is 18.2. The molecule has 0 fully saturated rings. The highest BCUT2D eigenvalue weighted by Gasteiger charge is 2.20. The van der Waals surface area contributed by atoms with Crippen LogP contribution in [0.15, 0.2) is 47.5 Å². The molecule has 154 valence electrons. The lowest BCUT2D eigenvalue weighted by molar-refractivity contribution is 0.185. The van der Waals surface area contributed by atoms with Crippen molar-refractivity contribution >= 4 is 10.0 Å². The third kappa shape index (κ3) is 6.10. The molecule has 0 unspecified atom stereocenters. The zero-order valence-electron chi connectivity index (χ0n) is 17.4. The minimum absolute atomic E-state index is 0.277. The Labute approximate surface area is 169 Å². The van der Waals surface area contributed by atoms with Crippen LogP contribution in [0.4, 0.5) is 0 Å². The molecule has 6 nitrogen and oxygen atoms in total. The third-order valence-corrected chi connectivity index (χ3v) is 6.26. The largest absolute Gasteiger partial charge is 0.383 e. The van der Waals surface area contributed by atoms with Crippen LogP contribution in [0.25, 0.3) is 11.1 Å². The summed E-state index contributed by atoms with van der Waals surface area (Å²) in [5.41, 5.74) is 2.78. The van der Waals surface area contributed by atoms with Crippen LogP contribution in [0.2, 0.25) is 0 Å². The van der Waals surface area contributed by atoms with E-state index in [-0.39, 0.29) is 4.90 Å². The van der Waals surface area contributed by atoms with Crippen molar-refractivity contribution in [2.24, 2.45) is 5.92 Å². The van der Waals surface area contributed by atoms with Gasteiger partial charge in [-0.1, -0.05) is 26.0 Å². The first kappa shape index (κ1) is 22.5. The van der Waals surface area contributed by atoms with Crippen molar-refractivity contribution in [3.8, 4) is 11.1 Å². The number of nitrogens with zero attached hydrogens (tertiary/aromatic N) is 3. The summed E-state index contributed by atoms with van der Waals surface area (Å²) in [7, 11) is 1.65. The summed E-state index contributed by atoms with van der Waals surface area (Å²) in [6.45, 7) is 6.79. The smallest absolute Gasteiger partial charge is 0.242 e. The molecule has 0 saturated carbocycles. The van der Waals surface area contributed by atoms with Gasteiger partial charge in [0.05, 0.1) is 17.2 Å². The average Bonchev–Trinajstić information content (AvgIpc) is 2.65. The van der Waals surface area contributed by atoms with E-state index in [2.05, 4.69) is 30.8 Å². The molecule has 2 rings (SSSR count). The molecule has 0 atom stereocenters. The maximum atomic E-state index is 12.8. The first-order chi connectivity index (χ1) is 13.2. The van der Waals surface area contributed by atoms with Crippen molar-refractivity contribution in [2.75, 3.05) is 40.9 Å². The van der Waals surface area contributed by atoms with E-state index in [0.717, 1.165) is 29.9 Å². The van der Waals surface area contributed by atoms with Gasteiger partial charge in [-0.15, -0.1) is 0 Å². The molecule has 1 aromatic carbocycles. The van der Waals surface area contributed by atoms with Gasteiger partial charge in [0.15, 0.2) is 0 Å². The number of rotatable bonds is 10. The first-order valence-electron chi connectivity index (χ1n) is 9.43. The van der Waals surface area contributed by atoms with Gasteiger partial charge in [-0.05, 0) is 48.4 Å². The Morgan fingerprint density at radius 3 is 2.50 bits per heavy atom. The van der Waals surface area contributed by atoms with Crippen molar-refractivity contribution in [1.82, 2.24) is 14.2 Å². The lowest BCUT2D eigenvalue weighted by Crippen LogP contribution is -2.30. The van der Waals surface area contributed by atoms with Crippen LogP contribution >= 0.6 is 0 Å². The number of hydrogen-bond acceptors (Lipinski definition) is 5. The molecule has 0 radical (unpaired) electrons. The molecule has 0 amide bonds. The van der Waals surface area contributed by atoms with Gasteiger partial charge >= 0.3 is 0 Å². The summed E-state index contributed by atoms with van der Waals surface area (Å²) >= 11 is 0. The van der Waals surface area contributed by atoms with Gasteiger partial charge in [0, 0.05) is 40.0 Å². The SMILES string of the molecule is COCCN(C)S(=O)(=O)c1cccc(-c2ccnc(CN(C)CC(C)C)c2)c1. The lowest BCUT2D eigenvalue weighted by atomic mass is 10.1. The van der Waals surface area contributed by atoms with E-state index < -0.39 is 10.0 Å². The van der Waals surface area contributed by atoms with Gasteiger partial charge in [-0.2, -0.15) is 4.31 Å². The monoisotopic (exact) mass is 405 g/mol. The fourth-order valence-electron chi connectivity index (χ4n) is 3.06. The summed E-state index contributed by atoms with van der Waals surface area (Å²) < 4.78 is 31.9. The number of ether oxygens (including phenoxy) is 1. The van der Waals surface area contributed by atoms with Crippen molar-refractivity contribution < 1.29 is 13.2 Å². The molecule has 28 heavy (non-hydrogen) atoms. The quantitative estimate of drug-likeness (QED) is 0.608. The van der Waals surface area contributed by atoms with E-state index in [0.29, 0.717) is 19.1 Å². The van der Waals surface area contributed by atoms with Crippen LogP contribution in [-0.2, 0) is 21.3 Å². The highest BCUT2D eigenvalue weighted by atomic mass is 32.2. The zero-order chi connectivity index (χ0) is 20.7. The van der Waals surface area contributed by atoms with E-state index in [1.807, 2.05) is 18.2 Å². The number of sulfonamides is 1. The number of likely N-dealkylation sites (N-methyl/N-ethyl adjacent to an activating group) is 1. The second kappa shape index (κ2) is 10.1. The van der Waals surface area contributed by atoms with Gasteiger partial charge in [-0.3, -0.25) is 4.98 Å². The predicted octanol–water partition coefficient (Wildman–Crippen LogP) is 3.10. The third-order valence-electron chi connectivity index (χ3n) is 4.41. The average molecular weight is 406 g/mol. The summed E-state index contributed by atoms with van der Waals surface area (Å²) in [6.07, 6.45) is 1.78. The lowest BCUT2D eigenvalue weighted by Gasteiger charge is -2.19. The van der Waals surface area contributed by atoms with Crippen LogP contribution in [0, 0.1) is 5.92 Å². The van der Waals surface area contributed by atoms with Crippen LogP contribution in [0.3, 0.4) is 0 Å². The molecule has 7 heteroatoms. The maximum absolute atomic E-state index is 12.8. The van der Waals surface area contributed by atoms with Crippen molar-refractivity contribution in [2.45, 2.75) is 25.3 Å². The van der Waals surface area contributed by atoms with Gasteiger partial charge < -0.3 is 9.64 Å². The summed E-state index contributed by atoms with van der Waals surface area (Å²) in [4.78, 5) is 6.98. The van der Waals surface area contributed by atoms with Crippen molar-refractivity contribution in [3.05, 3.63) is 48.3 Å². The number of methoxy groups -OCH3 is 1.